The third kappa shape index (κ3) is 15.4. The number of esters is 2. The lowest BCUT2D eigenvalue weighted by atomic mass is 9.72. The van der Waals surface area contributed by atoms with Crippen molar-refractivity contribution in [1.29, 1.82) is 0 Å². The first kappa shape index (κ1) is 33.4. The molecule has 1 aliphatic rings. The average Bonchev–Trinajstić information content (AvgIpc) is 2.90. The smallest absolute Gasteiger partial charge is 0.310 e. The van der Waals surface area contributed by atoms with Crippen molar-refractivity contribution in [3.8, 4) is 0 Å². The van der Waals surface area contributed by atoms with Crippen LogP contribution in [0.4, 0.5) is 0 Å². The Morgan fingerprint density at radius 2 is 0.946 bits per heavy atom. The van der Waals surface area contributed by atoms with Crippen LogP contribution in [0, 0.1) is 17.8 Å². The first-order chi connectivity index (χ1) is 18.0. The number of rotatable bonds is 23. The first-order valence-electron chi connectivity index (χ1n) is 15.6. The summed E-state index contributed by atoms with van der Waals surface area (Å²) in [4.78, 5) is 37.6. The second-order valence-corrected chi connectivity index (χ2v) is 11.0. The van der Waals surface area contributed by atoms with Crippen molar-refractivity contribution in [3.63, 3.8) is 0 Å². The minimum absolute atomic E-state index is 0.289. The van der Waals surface area contributed by atoms with Crippen LogP contribution in [0.5, 0.6) is 0 Å². The molecule has 1 saturated carbocycles. The van der Waals surface area contributed by atoms with Gasteiger partial charge in [-0.3, -0.25) is 14.4 Å². The number of ether oxygens (including phenoxy) is 2. The number of carboxylic acids is 1. The molecule has 6 heteroatoms. The van der Waals surface area contributed by atoms with Crippen molar-refractivity contribution in [2.75, 3.05) is 13.2 Å². The van der Waals surface area contributed by atoms with Crippen molar-refractivity contribution < 1.29 is 29.0 Å². The molecule has 216 valence electrons. The van der Waals surface area contributed by atoms with Gasteiger partial charge in [-0.1, -0.05) is 123 Å². The maximum atomic E-state index is 12.9. The minimum Gasteiger partial charge on any atom is -0.481 e. The van der Waals surface area contributed by atoms with E-state index in [9.17, 15) is 19.5 Å². The second kappa shape index (κ2) is 22.4. The Balaban J connectivity index is 2.34. The standard InChI is InChI=1S/C31H56O6/c1-3-5-7-9-11-13-15-17-19-24-36-30(34)27-23-21-22-26(29(32)33)28(27)31(35)37-25-20-18-16-14-12-10-8-6-4-2/h26-28H,3-25H2,1-2H3,(H,32,33). The molecule has 37 heavy (non-hydrogen) atoms. The number of carbonyl (C=O) groups is 3. The zero-order valence-electron chi connectivity index (χ0n) is 24.0. The van der Waals surface area contributed by atoms with E-state index < -0.39 is 35.7 Å². The Labute approximate surface area is 226 Å². The summed E-state index contributed by atoms with van der Waals surface area (Å²) in [6, 6.07) is 0. The van der Waals surface area contributed by atoms with E-state index in [-0.39, 0.29) is 6.61 Å². The molecule has 0 spiro atoms. The lowest BCUT2D eigenvalue weighted by Gasteiger charge is -2.33. The minimum atomic E-state index is -1.03. The summed E-state index contributed by atoms with van der Waals surface area (Å²) in [5.41, 5.74) is 0. The maximum absolute atomic E-state index is 12.9. The zero-order chi connectivity index (χ0) is 27.1. The Bertz CT molecular complexity index is 605. The van der Waals surface area contributed by atoms with E-state index in [2.05, 4.69) is 13.8 Å². The maximum Gasteiger partial charge on any atom is 0.310 e. The van der Waals surface area contributed by atoms with Crippen molar-refractivity contribution in [2.45, 2.75) is 149 Å². The fourth-order valence-corrected chi connectivity index (χ4v) is 5.44. The third-order valence-electron chi connectivity index (χ3n) is 7.77. The average molecular weight is 525 g/mol. The molecule has 3 atom stereocenters. The molecular weight excluding hydrogens is 468 g/mol. The van der Waals surface area contributed by atoms with Crippen LogP contribution in [0.1, 0.15) is 149 Å². The monoisotopic (exact) mass is 524 g/mol. The van der Waals surface area contributed by atoms with Crippen LogP contribution < -0.4 is 0 Å². The van der Waals surface area contributed by atoms with Gasteiger partial charge in [-0.05, 0) is 25.7 Å². The topological polar surface area (TPSA) is 89.9 Å². The molecule has 3 unspecified atom stereocenters. The number of hydrogen-bond acceptors (Lipinski definition) is 5. The molecule has 0 aromatic rings. The molecule has 0 amide bonds. The number of hydrogen-bond donors (Lipinski definition) is 1. The highest BCUT2D eigenvalue weighted by Gasteiger charge is 2.46. The van der Waals surface area contributed by atoms with E-state index in [0.29, 0.717) is 25.9 Å². The highest BCUT2D eigenvalue weighted by molar-refractivity contribution is 5.87. The SMILES string of the molecule is CCCCCCCCCCCOC(=O)C1CCCC(C(=O)O)C1C(=O)OCCCCCCCCCCC. The van der Waals surface area contributed by atoms with Crippen molar-refractivity contribution >= 4 is 17.9 Å². The lowest BCUT2D eigenvalue weighted by molar-refractivity contribution is -0.170. The number of aliphatic carboxylic acids is 1. The van der Waals surface area contributed by atoms with Gasteiger partial charge in [0, 0.05) is 0 Å². The van der Waals surface area contributed by atoms with Crippen molar-refractivity contribution in [3.05, 3.63) is 0 Å². The molecule has 0 heterocycles. The van der Waals surface area contributed by atoms with Gasteiger partial charge >= 0.3 is 17.9 Å². The fourth-order valence-electron chi connectivity index (χ4n) is 5.44. The highest BCUT2D eigenvalue weighted by Crippen LogP contribution is 2.37. The molecule has 1 rings (SSSR count). The number of unbranched alkanes of at least 4 members (excludes halogenated alkanes) is 16. The summed E-state index contributed by atoms with van der Waals surface area (Å²) in [5, 5.41) is 9.71. The fraction of sp³-hybridized carbons (Fsp3) is 0.903. The van der Waals surface area contributed by atoms with Gasteiger partial charge in [0.05, 0.1) is 31.0 Å². The van der Waals surface area contributed by atoms with Crippen LogP contribution in [-0.2, 0) is 23.9 Å². The molecule has 0 aromatic carbocycles. The highest BCUT2D eigenvalue weighted by atomic mass is 16.5. The van der Waals surface area contributed by atoms with Gasteiger partial charge in [-0.2, -0.15) is 0 Å². The van der Waals surface area contributed by atoms with E-state index in [1.165, 1.54) is 77.0 Å². The van der Waals surface area contributed by atoms with Crippen LogP contribution in [0.3, 0.4) is 0 Å². The summed E-state index contributed by atoms with van der Waals surface area (Å²) < 4.78 is 11.0. The molecule has 0 radical (unpaired) electrons. The normalized spacial score (nSPS) is 19.5. The first-order valence-corrected chi connectivity index (χ1v) is 15.6. The van der Waals surface area contributed by atoms with Gasteiger partial charge < -0.3 is 14.6 Å². The zero-order valence-corrected chi connectivity index (χ0v) is 24.0. The van der Waals surface area contributed by atoms with Crippen LogP contribution in [0.25, 0.3) is 0 Å². The van der Waals surface area contributed by atoms with Gasteiger partial charge in [0.15, 0.2) is 0 Å². The summed E-state index contributed by atoms with van der Waals surface area (Å²) in [6.07, 6.45) is 22.6. The largest absolute Gasteiger partial charge is 0.481 e. The van der Waals surface area contributed by atoms with Crippen LogP contribution in [0.2, 0.25) is 0 Å². The van der Waals surface area contributed by atoms with E-state index >= 15 is 0 Å². The Morgan fingerprint density at radius 1 is 0.568 bits per heavy atom. The van der Waals surface area contributed by atoms with Crippen LogP contribution in [0.15, 0.2) is 0 Å². The molecule has 0 aromatic heterocycles. The van der Waals surface area contributed by atoms with Gasteiger partial charge in [-0.15, -0.1) is 0 Å². The Hall–Kier alpha value is -1.59. The predicted molar refractivity (Wildman–Crippen MR) is 148 cm³/mol. The molecule has 6 nitrogen and oxygen atoms in total. The second-order valence-electron chi connectivity index (χ2n) is 11.0. The van der Waals surface area contributed by atoms with Crippen molar-refractivity contribution in [1.82, 2.24) is 0 Å². The summed E-state index contributed by atoms with van der Waals surface area (Å²) >= 11 is 0. The summed E-state index contributed by atoms with van der Waals surface area (Å²) in [5.74, 6) is -4.55. The molecule has 0 bridgehead atoms. The summed E-state index contributed by atoms with van der Waals surface area (Å²) in [7, 11) is 0. The predicted octanol–water partition coefficient (Wildman–Crippen LogP) is 8.25. The Kier molecular flexibility index (Phi) is 20.2. The van der Waals surface area contributed by atoms with Crippen molar-refractivity contribution in [2.24, 2.45) is 17.8 Å². The number of carboxylic acid groups (broad SMARTS) is 1. The van der Waals surface area contributed by atoms with Crippen LogP contribution >= 0.6 is 0 Å². The molecule has 0 saturated heterocycles. The van der Waals surface area contributed by atoms with E-state index in [0.717, 1.165) is 38.5 Å². The quantitative estimate of drug-likeness (QED) is 0.107. The van der Waals surface area contributed by atoms with Gasteiger partial charge in [0.2, 0.25) is 0 Å². The van der Waals surface area contributed by atoms with E-state index in [1.54, 1.807) is 0 Å². The lowest BCUT2D eigenvalue weighted by Crippen LogP contribution is -2.43. The molecule has 1 aliphatic carbocycles. The molecular formula is C31H56O6. The summed E-state index contributed by atoms with van der Waals surface area (Å²) in [6.45, 7) is 5.07. The van der Waals surface area contributed by atoms with Crippen LogP contribution in [-0.4, -0.2) is 36.2 Å². The van der Waals surface area contributed by atoms with Gasteiger partial charge in [0.25, 0.3) is 0 Å². The third-order valence-corrected chi connectivity index (χ3v) is 7.77. The molecule has 0 aliphatic heterocycles. The Morgan fingerprint density at radius 3 is 1.38 bits per heavy atom. The van der Waals surface area contributed by atoms with E-state index in [1.807, 2.05) is 0 Å². The molecule has 1 N–H and O–H groups in total. The number of carbonyl (C=O) groups excluding carboxylic acids is 2. The van der Waals surface area contributed by atoms with Gasteiger partial charge in [0.1, 0.15) is 0 Å². The van der Waals surface area contributed by atoms with Gasteiger partial charge in [-0.25, -0.2) is 0 Å². The molecule has 1 fully saturated rings. The van der Waals surface area contributed by atoms with E-state index in [4.69, 9.17) is 9.47 Å².